The van der Waals surface area contributed by atoms with Gasteiger partial charge in [0.05, 0.1) is 23.2 Å². The summed E-state index contributed by atoms with van der Waals surface area (Å²) in [4.78, 5) is 0.927. The van der Waals surface area contributed by atoms with E-state index in [1.807, 2.05) is 20.8 Å². The van der Waals surface area contributed by atoms with E-state index < -0.39 is 40.1 Å². The second-order valence-electron chi connectivity index (χ2n) is 10.2. The van der Waals surface area contributed by atoms with Crippen molar-refractivity contribution in [2.24, 2.45) is 10.6 Å². The summed E-state index contributed by atoms with van der Waals surface area (Å²) in [5, 5.41) is 14.9. The highest BCUT2D eigenvalue weighted by Crippen LogP contribution is 2.41. The van der Waals surface area contributed by atoms with E-state index in [1.54, 1.807) is 10.6 Å². The van der Waals surface area contributed by atoms with Gasteiger partial charge in [-0.15, -0.1) is 0 Å². The molecular weight excluding hydrogens is 515 g/mol. The molecule has 0 aliphatic heterocycles. The Kier molecular flexibility index (Phi) is 7.75. The van der Waals surface area contributed by atoms with Gasteiger partial charge in [-0.3, -0.25) is 4.90 Å². The molecular formula is C25H27F5N4O2S. The molecule has 37 heavy (non-hydrogen) atoms. The Morgan fingerprint density at radius 3 is 2.30 bits per heavy atom. The highest BCUT2D eigenvalue weighted by atomic mass is 32.2. The first-order valence-corrected chi connectivity index (χ1v) is 12.9. The standard InChI is InChI=1S/C25H27F5N4O2S/c1-24(2,3)13-34-12-18(22(23(26)27)33(4)14-37(32,35)36)17-9-8-15(10-20(17)34)21-16(11-31)6-5-7-19(21)25(28,29)30/h5-10,12,22-23H,13-14H2,1-4H3,(H2,32,35,36)/t22-/m0/s1. The summed E-state index contributed by atoms with van der Waals surface area (Å²) in [5.41, 5.74) is -1.23. The molecule has 12 heteroatoms. The molecule has 0 radical (unpaired) electrons. The smallest absolute Gasteiger partial charge is 0.347 e. The summed E-state index contributed by atoms with van der Waals surface area (Å²) in [6.07, 6.45) is -6.25. The van der Waals surface area contributed by atoms with Gasteiger partial charge in [-0.1, -0.05) is 39.0 Å². The molecule has 200 valence electrons. The van der Waals surface area contributed by atoms with E-state index in [2.05, 4.69) is 0 Å². The molecule has 0 aliphatic rings. The monoisotopic (exact) mass is 542 g/mol. The van der Waals surface area contributed by atoms with Crippen LogP contribution in [0.2, 0.25) is 0 Å². The first kappa shape index (κ1) is 28.6. The number of benzene rings is 2. The number of nitrogens with two attached hydrogens (primary N) is 1. The van der Waals surface area contributed by atoms with E-state index in [0.717, 1.165) is 17.0 Å². The van der Waals surface area contributed by atoms with Crippen molar-refractivity contribution in [2.45, 2.75) is 46.0 Å². The molecule has 1 atom stereocenters. The Labute approximate surface area is 212 Å². The fourth-order valence-electron chi connectivity index (χ4n) is 4.48. The maximum absolute atomic E-state index is 14.3. The van der Waals surface area contributed by atoms with Crippen LogP contribution in [0.3, 0.4) is 0 Å². The minimum absolute atomic E-state index is 0.100. The molecule has 0 aliphatic carbocycles. The van der Waals surface area contributed by atoms with Crippen LogP contribution in [0, 0.1) is 16.7 Å². The lowest BCUT2D eigenvalue weighted by Crippen LogP contribution is -2.36. The predicted molar refractivity (Wildman–Crippen MR) is 131 cm³/mol. The first-order chi connectivity index (χ1) is 16.9. The lowest BCUT2D eigenvalue weighted by atomic mass is 9.93. The van der Waals surface area contributed by atoms with Gasteiger partial charge in [0.25, 0.3) is 6.43 Å². The molecule has 1 aromatic heterocycles. The van der Waals surface area contributed by atoms with Crippen LogP contribution in [-0.4, -0.2) is 37.2 Å². The zero-order valence-electron chi connectivity index (χ0n) is 20.6. The van der Waals surface area contributed by atoms with Crippen LogP contribution in [-0.2, 0) is 22.7 Å². The molecule has 0 unspecified atom stereocenters. The molecule has 1 heterocycles. The zero-order valence-corrected chi connectivity index (χ0v) is 21.5. The summed E-state index contributed by atoms with van der Waals surface area (Å²) in [6.45, 7) is 6.06. The summed E-state index contributed by atoms with van der Waals surface area (Å²) in [5.74, 6) is -0.823. The van der Waals surface area contributed by atoms with Crippen molar-refractivity contribution in [3.05, 3.63) is 59.3 Å². The minimum atomic E-state index is -4.73. The van der Waals surface area contributed by atoms with Crippen molar-refractivity contribution < 1.29 is 30.4 Å². The molecule has 3 rings (SSSR count). The van der Waals surface area contributed by atoms with Gasteiger partial charge in [0.2, 0.25) is 10.0 Å². The molecule has 0 spiro atoms. The number of rotatable bonds is 7. The van der Waals surface area contributed by atoms with E-state index in [9.17, 15) is 35.6 Å². The van der Waals surface area contributed by atoms with E-state index in [0.29, 0.717) is 17.4 Å². The zero-order chi connectivity index (χ0) is 27.9. The van der Waals surface area contributed by atoms with Crippen LogP contribution in [0.15, 0.2) is 42.6 Å². The summed E-state index contributed by atoms with van der Waals surface area (Å²) in [7, 11) is -2.90. The minimum Gasteiger partial charge on any atom is -0.347 e. The maximum atomic E-state index is 14.3. The molecule has 0 amide bonds. The Morgan fingerprint density at radius 2 is 1.78 bits per heavy atom. The maximum Gasteiger partial charge on any atom is 0.417 e. The second kappa shape index (κ2) is 10.0. The molecule has 2 aromatic carbocycles. The number of alkyl halides is 5. The van der Waals surface area contributed by atoms with Crippen molar-refractivity contribution in [1.29, 1.82) is 5.26 Å². The first-order valence-electron chi connectivity index (χ1n) is 11.2. The van der Waals surface area contributed by atoms with Crippen molar-refractivity contribution in [3.8, 4) is 17.2 Å². The second-order valence-corrected chi connectivity index (χ2v) is 11.8. The van der Waals surface area contributed by atoms with E-state index in [1.165, 1.54) is 37.5 Å². The van der Waals surface area contributed by atoms with Gasteiger partial charge >= 0.3 is 6.18 Å². The normalized spacial score (nSPS) is 13.9. The SMILES string of the molecule is CN(CS(N)(=O)=O)[C@@H](c1cn(CC(C)(C)C)c2cc(-c3c(C#N)cccc3C(F)(F)F)ccc12)C(F)F. The summed E-state index contributed by atoms with van der Waals surface area (Å²) in [6, 6.07) is 7.68. The van der Waals surface area contributed by atoms with Gasteiger partial charge in [-0.2, -0.15) is 18.4 Å². The van der Waals surface area contributed by atoms with Crippen LogP contribution < -0.4 is 5.14 Å². The molecule has 0 bridgehead atoms. The number of fused-ring (bicyclic) bond motifs is 1. The molecule has 6 nitrogen and oxygen atoms in total. The number of aromatic nitrogens is 1. The van der Waals surface area contributed by atoms with Crippen molar-refractivity contribution in [1.82, 2.24) is 9.47 Å². The highest BCUT2D eigenvalue weighted by Gasteiger charge is 2.36. The van der Waals surface area contributed by atoms with E-state index in [-0.39, 0.29) is 27.7 Å². The summed E-state index contributed by atoms with van der Waals surface area (Å²) < 4.78 is 94.9. The van der Waals surface area contributed by atoms with Crippen LogP contribution >= 0.6 is 0 Å². The average molecular weight is 543 g/mol. The van der Waals surface area contributed by atoms with Gasteiger partial charge in [-0.05, 0) is 36.2 Å². The van der Waals surface area contributed by atoms with Crippen molar-refractivity contribution in [2.75, 3.05) is 12.9 Å². The number of primary sulfonamides is 1. The third-order valence-corrected chi connectivity index (χ3v) is 6.52. The van der Waals surface area contributed by atoms with Crippen LogP contribution in [0.25, 0.3) is 22.0 Å². The molecule has 0 saturated carbocycles. The number of nitrogens with zero attached hydrogens (tertiary/aromatic N) is 3. The summed E-state index contributed by atoms with van der Waals surface area (Å²) >= 11 is 0. The Morgan fingerprint density at radius 1 is 1.14 bits per heavy atom. The van der Waals surface area contributed by atoms with Gasteiger partial charge < -0.3 is 4.57 Å². The third kappa shape index (κ3) is 6.47. The third-order valence-electron chi connectivity index (χ3n) is 5.75. The van der Waals surface area contributed by atoms with Crippen LogP contribution in [0.5, 0.6) is 0 Å². The fourth-order valence-corrected chi connectivity index (χ4v) is 5.20. The van der Waals surface area contributed by atoms with Crippen LogP contribution in [0.1, 0.15) is 43.5 Å². The van der Waals surface area contributed by atoms with Crippen molar-refractivity contribution >= 4 is 20.9 Å². The van der Waals surface area contributed by atoms with Gasteiger partial charge in [0, 0.05) is 34.8 Å². The molecule has 0 saturated heterocycles. The number of sulfonamides is 1. The number of nitriles is 1. The lowest BCUT2D eigenvalue weighted by molar-refractivity contribution is -0.137. The lowest BCUT2D eigenvalue weighted by Gasteiger charge is -2.26. The van der Waals surface area contributed by atoms with E-state index in [4.69, 9.17) is 5.14 Å². The molecule has 0 fully saturated rings. The average Bonchev–Trinajstić information content (AvgIpc) is 3.06. The topological polar surface area (TPSA) is 92.1 Å². The number of halogens is 5. The van der Waals surface area contributed by atoms with Gasteiger partial charge in [-0.25, -0.2) is 22.3 Å². The molecule has 2 N–H and O–H groups in total. The van der Waals surface area contributed by atoms with Gasteiger partial charge in [0.1, 0.15) is 5.88 Å². The number of hydrogen-bond acceptors (Lipinski definition) is 4. The van der Waals surface area contributed by atoms with Gasteiger partial charge in [0.15, 0.2) is 0 Å². The Bertz CT molecular complexity index is 1450. The van der Waals surface area contributed by atoms with Crippen LogP contribution in [0.4, 0.5) is 22.0 Å². The quantitative estimate of drug-likeness (QED) is 0.386. The largest absolute Gasteiger partial charge is 0.417 e. The Balaban J connectivity index is 2.33. The highest BCUT2D eigenvalue weighted by molar-refractivity contribution is 7.89. The fraction of sp³-hybridized carbons (Fsp3) is 0.400. The number of hydrogen-bond donors (Lipinski definition) is 1. The van der Waals surface area contributed by atoms with E-state index >= 15 is 0 Å². The van der Waals surface area contributed by atoms with Crippen molar-refractivity contribution in [3.63, 3.8) is 0 Å². The Hall–Kier alpha value is -3.01. The predicted octanol–water partition coefficient (Wildman–Crippen LogP) is 5.73. The molecule has 3 aromatic rings.